The lowest BCUT2D eigenvalue weighted by molar-refractivity contribution is -0.136. The number of ether oxygens (including phenoxy) is 2. The third-order valence-electron chi connectivity index (χ3n) is 5.65. The van der Waals surface area contributed by atoms with Crippen LogP contribution in [0.15, 0.2) is 52.5 Å². The van der Waals surface area contributed by atoms with Gasteiger partial charge in [-0.3, -0.25) is 20.1 Å². The van der Waals surface area contributed by atoms with Gasteiger partial charge >= 0.3 is 5.97 Å². The number of phenols is 1. The number of hydrogen-bond donors (Lipinski definition) is 5. The lowest BCUT2D eigenvalue weighted by Crippen LogP contribution is -2.25. The summed E-state index contributed by atoms with van der Waals surface area (Å²) >= 11 is 1.02. The Kier molecular flexibility index (Phi) is 8.28. The molecule has 7 N–H and O–H groups in total. The summed E-state index contributed by atoms with van der Waals surface area (Å²) in [6.45, 7) is 0.414. The second kappa shape index (κ2) is 11.6. The standard InChI is InChI=1S/C25H24F2N6O5S/c1-33-7-6-31-23(33)14-9-13(39-19(10-28)25(35)36)3-5-17(14)37-21-15(26)11-32-24(20(21)27)38-18-8-12(22(29)30)2-4-16(18)34/h2-6,8-9,11,19,23,34H,7,10,28H2,1H3,(H3,29,30)(H,35,36). The Morgan fingerprint density at radius 2 is 2.03 bits per heavy atom. The van der Waals surface area contributed by atoms with Gasteiger partial charge in [0.05, 0.1) is 6.20 Å². The maximum atomic E-state index is 15.4. The largest absolute Gasteiger partial charge is 0.504 e. The van der Waals surface area contributed by atoms with Gasteiger partial charge in [-0.25, -0.2) is 9.37 Å². The SMILES string of the molecule is CN1CC=NC1c1cc(SC(CN)C(=O)O)ccc1Oc1c(F)cnc(Oc2cc(C(=N)N)ccc2O)c1F. The number of carboxylic acids is 1. The summed E-state index contributed by atoms with van der Waals surface area (Å²) < 4.78 is 41.3. The fraction of sp³-hybridized carbons (Fsp3) is 0.200. The number of aliphatic imine (C=N–C) groups is 1. The monoisotopic (exact) mass is 558 g/mol. The lowest BCUT2D eigenvalue weighted by atomic mass is 10.1. The zero-order valence-electron chi connectivity index (χ0n) is 20.5. The molecule has 0 radical (unpaired) electrons. The molecule has 14 heteroatoms. The molecule has 2 heterocycles. The molecule has 3 aromatic rings. The van der Waals surface area contributed by atoms with Gasteiger partial charge in [0.2, 0.25) is 11.6 Å². The van der Waals surface area contributed by atoms with Gasteiger partial charge in [-0.2, -0.15) is 4.39 Å². The number of aliphatic carboxylic acids is 1. The Bertz CT molecular complexity index is 1460. The van der Waals surface area contributed by atoms with Crippen LogP contribution >= 0.6 is 11.8 Å². The van der Waals surface area contributed by atoms with E-state index in [1.807, 2.05) is 4.90 Å². The van der Waals surface area contributed by atoms with Crippen LogP contribution in [0, 0.1) is 17.0 Å². The van der Waals surface area contributed by atoms with Crippen molar-refractivity contribution >= 4 is 29.8 Å². The topological polar surface area (TPSA) is 180 Å². The number of thioether (sulfide) groups is 1. The number of carboxylic acid groups (broad SMARTS) is 1. The van der Waals surface area contributed by atoms with Crippen molar-refractivity contribution in [1.82, 2.24) is 9.88 Å². The first-order valence-electron chi connectivity index (χ1n) is 11.4. The number of hydrogen-bond acceptors (Lipinski definition) is 10. The summed E-state index contributed by atoms with van der Waals surface area (Å²) in [6, 6.07) is 8.41. The Balaban J connectivity index is 1.71. The number of aromatic hydroxyl groups is 1. The second-order valence-electron chi connectivity index (χ2n) is 8.38. The molecule has 0 aliphatic carbocycles. The van der Waals surface area contributed by atoms with E-state index in [9.17, 15) is 19.4 Å². The number of nitrogen functional groups attached to an aromatic ring is 1. The number of aromatic nitrogens is 1. The number of benzene rings is 2. The molecule has 0 saturated carbocycles. The van der Waals surface area contributed by atoms with Crippen molar-refractivity contribution in [2.75, 3.05) is 20.1 Å². The van der Waals surface area contributed by atoms with Crippen LogP contribution in [0.4, 0.5) is 8.78 Å². The third kappa shape index (κ3) is 6.08. The lowest BCUT2D eigenvalue weighted by Gasteiger charge is -2.22. The first kappa shape index (κ1) is 27.8. The predicted octanol–water partition coefficient (Wildman–Crippen LogP) is 3.45. The van der Waals surface area contributed by atoms with Gasteiger partial charge in [-0.05, 0) is 43.4 Å². The molecule has 11 nitrogen and oxygen atoms in total. The highest BCUT2D eigenvalue weighted by Gasteiger charge is 2.27. The molecule has 39 heavy (non-hydrogen) atoms. The van der Waals surface area contributed by atoms with E-state index >= 15 is 4.39 Å². The summed E-state index contributed by atoms with van der Waals surface area (Å²) in [5, 5.41) is 26.1. The van der Waals surface area contributed by atoms with Crippen LogP contribution in [0.25, 0.3) is 0 Å². The summed E-state index contributed by atoms with van der Waals surface area (Å²) in [5.74, 6) is -5.90. The summed E-state index contributed by atoms with van der Waals surface area (Å²) in [4.78, 5) is 21.9. The zero-order valence-corrected chi connectivity index (χ0v) is 21.3. The van der Waals surface area contributed by atoms with Gasteiger partial charge in [-0.15, -0.1) is 11.8 Å². The molecule has 0 bridgehead atoms. The molecule has 1 aliphatic rings. The first-order valence-corrected chi connectivity index (χ1v) is 12.3. The van der Waals surface area contributed by atoms with Gasteiger partial charge in [0.15, 0.2) is 17.3 Å². The fourth-order valence-corrected chi connectivity index (χ4v) is 4.51. The van der Waals surface area contributed by atoms with E-state index in [2.05, 4.69) is 9.98 Å². The highest BCUT2D eigenvalue weighted by Crippen LogP contribution is 2.41. The van der Waals surface area contributed by atoms with E-state index in [0.29, 0.717) is 23.2 Å². The van der Waals surface area contributed by atoms with Gasteiger partial charge in [0, 0.05) is 35.3 Å². The highest BCUT2D eigenvalue weighted by molar-refractivity contribution is 8.00. The molecule has 1 aliphatic heterocycles. The quantitative estimate of drug-likeness (QED) is 0.140. The molecule has 2 unspecified atom stereocenters. The van der Waals surface area contributed by atoms with Crippen LogP contribution in [0.5, 0.6) is 28.9 Å². The van der Waals surface area contributed by atoms with Crippen molar-refractivity contribution in [3.8, 4) is 28.9 Å². The molecule has 0 saturated heterocycles. The van der Waals surface area contributed by atoms with Gasteiger partial charge in [-0.1, -0.05) is 0 Å². The number of halogens is 2. The number of rotatable bonds is 10. The molecule has 204 valence electrons. The van der Waals surface area contributed by atoms with Crippen LogP contribution in [-0.4, -0.2) is 63.5 Å². The summed E-state index contributed by atoms with van der Waals surface area (Å²) in [7, 11) is 1.79. The molecule has 1 aromatic heterocycles. The average Bonchev–Trinajstić information content (AvgIpc) is 3.33. The van der Waals surface area contributed by atoms with Crippen molar-refractivity contribution in [3.05, 3.63) is 65.4 Å². The van der Waals surface area contributed by atoms with Crippen LogP contribution in [0.3, 0.4) is 0 Å². The Hall–Kier alpha value is -4.27. The van der Waals surface area contributed by atoms with Crippen LogP contribution in [0.1, 0.15) is 17.3 Å². The maximum absolute atomic E-state index is 15.4. The second-order valence-corrected chi connectivity index (χ2v) is 9.66. The van der Waals surface area contributed by atoms with Crippen LogP contribution in [-0.2, 0) is 4.79 Å². The summed E-state index contributed by atoms with van der Waals surface area (Å²) in [6.07, 6.45) is 1.81. The number of nitrogens with one attached hydrogen (secondary N) is 1. The number of nitrogens with zero attached hydrogens (tertiary/aromatic N) is 3. The number of carbonyl (C=O) groups is 1. The summed E-state index contributed by atoms with van der Waals surface area (Å²) in [5.41, 5.74) is 11.7. The van der Waals surface area contributed by atoms with E-state index in [4.69, 9.17) is 26.4 Å². The molecule has 2 aromatic carbocycles. The molecule has 0 fully saturated rings. The van der Waals surface area contributed by atoms with Gasteiger partial charge < -0.3 is 31.2 Å². The normalized spacial score (nSPS) is 15.7. The number of pyridine rings is 1. The van der Waals surface area contributed by atoms with Crippen LogP contribution < -0.4 is 20.9 Å². The Morgan fingerprint density at radius 3 is 2.67 bits per heavy atom. The predicted molar refractivity (Wildman–Crippen MR) is 140 cm³/mol. The fourth-order valence-electron chi connectivity index (χ4n) is 3.64. The van der Waals surface area contributed by atoms with Crippen molar-refractivity contribution in [2.45, 2.75) is 16.3 Å². The van der Waals surface area contributed by atoms with Crippen molar-refractivity contribution in [2.24, 2.45) is 16.5 Å². The zero-order chi connectivity index (χ0) is 28.3. The van der Waals surface area contributed by atoms with E-state index in [-0.39, 0.29) is 35.2 Å². The minimum Gasteiger partial charge on any atom is -0.504 e. The Labute approximate surface area is 225 Å². The third-order valence-corrected chi connectivity index (χ3v) is 6.85. The molecule has 4 rings (SSSR count). The number of amidine groups is 1. The smallest absolute Gasteiger partial charge is 0.318 e. The first-order chi connectivity index (χ1) is 18.6. The molecule has 2 atom stereocenters. The van der Waals surface area contributed by atoms with Crippen molar-refractivity contribution in [3.63, 3.8) is 0 Å². The Morgan fingerprint density at radius 1 is 1.26 bits per heavy atom. The number of nitrogens with two attached hydrogens (primary N) is 2. The molecular weight excluding hydrogens is 534 g/mol. The van der Waals surface area contributed by atoms with Crippen molar-refractivity contribution in [1.29, 1.82) is 5.41 Å². The maximum Gasteiger partial charge on any atom is 0.318 e. The average molecular weight is 559 g/mol. The molecular formula is C25H24F2N6O5S. The van der Waals surface area contributed by atoms with E-state index in [1.54, 1.807) is 25.4 Å². The molecule has 0 spiro atoms. The minimum atomic E-state index is -1.29. The molecule has 0 amide bonds. The van der Waals surface area contributed by atoms with E-state index < -0.39 is 40.6 Å². The highest BCUT2D eigenvalue weighted by atomic mass is 32.2. The van der Waals surface area contributed by atoms with E-state index in [1.165, 1.54) is 24.3 Å². The van der Waals surface area contributed by atoms with E-state index in [0.717, 1.165) is 11.8 Å². The van der Waals surface area contributed by atoms with Crippen LogP contribution in [0.2, 0.25) is 0 Å². The van der Waals surface area contributed by atoms with Gasteiger partial charge in [0.25, 0.3) is 5.88 Å². The van der Waals surface area contributed by atoms with Crippen molar-refractivity contribution < 1.29 is 33.3 Å². The van der Waals surface area contributed by atoms with Gasteiger partial charge in [0.1, 0.15) is 23.0 Å². The number of phenolic OH excluding ortho intramolecular Hbond substituents is 1. The minimum absolute atomic E-state index is 0.0613.